The van der Waals surface area contributed by atoms with Crippen molar-refractivity contribution in [1.29, 1.82) is 0 Å². The molecular weight excluding hydrogens is 463 g/mol. The summed E-state index contributed by atoms with van der Waals surface area (Å²) in [4.78, 5) is -0.729. The molecule has 1 saturated heterocycles. The number of sulfonamides is 2. The molecule has 1 heterocycles. The van der Waals surface area contributed by atoms with Crippen molar-refractivity contribution in [3.8, 4) is 11.5 Å². The average Bonchev–Trinajstić information content (AvgIpc) is 2.77. The van der Waals surface area contributed by atoms with Crippen molar-refractivity contribution in [3.05, 3.63) is 42.2 Å². The molecule has 1 N–H and O–H groups in total. The number of nitrogens with one attached hydrogen (secondary N) is 1. The molecule has 0 amide bonds. The second-order valence-corrected chi connectivity index (χ2v) is 10.3. The minimum Gasteiger partial charge on any atom is -0.490 e. The highest BCUT2D eigenvalue weighted by molar-refractivity contribution is 7.92. The summed E-state index contributed by atoms with van der Waals surface area (Å²) in [5.74, 6) is -0.319. The van der Waals surface area contributed by atoms with E-state index < -0.39 is 30.8 Å². The fourth-order valence-electron chi connectivity index (χ4n) is 3.10. The molecule has 0 bridgehead atoms. The van der Waals surface area contributed by atoms with Gasteiger partial charge in [0, 0.05) is 19.2 Å². The van der Waals surface area contributed by atoms with Crippen LogP contribution in [0.4, 0.5) is 10.1 Å². The Balaban J connectivity index is 1.91. The molecular formula is C20H25FN2O7S2. The van der Waals surface area contributed by atoms with Gasteiger partial charge in [-0.25, -0.2) is 21.2 Å². The van der Waals surface area contributed by atoms with Crippen LogP contribution in [0.3, 0.4) is 0 Å². The van der Waals surface area contributed by atoms with Crippen molar-refractivity contribution in [2.75, 3.05) is 44.2 Å². The highest BCUT2D eigenvalue weighted by Gasteiger charge is 2.30. The molecule has 2 aromatic rings. The van der Waals surface area contributed by atoms with Gasteiger partial charge >= 0.3 is 0 Å². The maximum atomic E-state index is 14.4. The van der Waals surface area contributed by atoms with E-state index in [1.807, 2.05) is 0 Å². The Labute approximate surface area is 187 Å². The zero-order valence-corrected chi connectivity index (χ0v) is 19.3. The van der Waals surface area contributed by atoms with Gasteiger partial charge in [0.15, 0.2) is 11.5 Å². The molecule has 0 aliphatic carbocycles. The number of morpholine rings is 1. The molecule has 0 aromatic heterocycles. The predicted molar refractivity (Wildman–Crippen MR) is 116 cm³/mol. The first-order chi connectivity index (χ1) is 15.2. The molecule has 176 valence electrons. The number of nitrogens with zero attached hydrogens (tertiary/aromatic N) is 1. The first-order valence-corrected chi connectivity index (χ1v) is 12.9. The lowest BCUT2D eigenvalue weighted by Gasteiger charge is -2.26. The lowest BCUT2D eigenvalue weighted by Crippen LogP contribution is -2.40. The van der Waals surface area contributed by atoms with Crippen LogP contribution in [-0.4, -0.2) is 60.7 Å². The van der Waals surface area contributed by atoms with Crippen LogP contribution in [0.25, 0.3) is 0 Å². The number of hydrogen-bond donors (Lipinski definition) is 1. The normalized spacial score (nSPS) is 15.3. The molecule has 0 unspecified atom stereocenters. The molecule has 1 aliphatic heterocycles. The highest BCUT2D eigenvalue weighted by Crippen LogP contribution is 2.31. The zero-order chi connectivity index (χ0) is 23.4. The van der Waals surface area contributed by atoms with Crippen molar-refractivity contribution < 1.29 is 35.4 Å². The minimum atomic E-state index is -4.15. The van der Waals surface area contributed by atoms with Gasteiger partial charge < -0.3 is 14.2 Å². The van der Waals surface area contributed by atoms with Crippen LogP contribution in [0.15, 0.2) is 46.2 Å². The Kier molecular flexibility index (Phi) is 7.59. The molecule has 2 aromatic carbocycles. The number of hydrogen-bond acceptors (Lipinski definition) is 7. The van der Waals surface area contributed by atoms with Crippen molar-refractivity contribution >= 4 is 25.7 Å². The summed E-state index contributed by atoms with van der Waals surface area (Å²) < 4.78 is 85.3. The lowest BCUT2D eigenvalue weighted by atomic mass is 10.3. The van der Waals surface area contributed by atoms with Crippen molar-refractivity contribution in [2.45, 2.75) is 23.6 Å². The maximum absolute atomic E-state index is 14.4. The fourth-order valence-corrected chi connectivity index (χ4v) is 5.67. The maximum Gasteiger partial charge on any atom is 0.262 e. The Morgan fingerprint density at radius 2 is 1.62 bits per heavy atom. The highest BCUT2D eigenvalue weighted by atomic mass is 32.2. The zero-order valence-electron chi connectivity index (χ0n) is 17.7. The first kappa shape index (κ1) is 24.2. The Hall–Kier alpha value is -2.41. The summed E-state index contributed by atoms with van der Waals surface area (Å²) in [7, 11) is -8.28. The molecule has 0 saturated carbocycles. The van der Waals surface area contributed by atoms with Gasteiger partial charge in [0.1, 0.15) is 10.7 Å². The van der Waals surface area contributed by atoms with Gasteiger partial charge in [0.2, 0.25) is 10.0 Å². The van der Waals surface area contributed by atoms with E-state index in [0.29, 0.717) is 19.0 Å². The molecule has 0 radical (unpaired) electrons. The van der Waals surface area contributed by atoms with Crippen molar-refractivity contribution in [3.63, 3.8) is 0 Å². The van der Waals surface area contributed by atoms with Gasteiger partial charge in [-0.15, -0.1) is 0 Å². The van der Waals surface area contributed by atoms with E-state index in [-0.39, 0.29) is 42.6 Å². The molecule has 9 nitrogen and oxygen atoms in total. The number of ether oxygens (including phenoxy) is 3. The van der Waals surface area contributed by atoms with Gasteiger partial charge in [-0.2, -0.15) is 4.31 Å². The molecule has 32 heavy (non-hydrogen) atoms. The van der Waals surface area contributed by atoms with Crippen LogP contribution < -0.4 is 14.2 Å². The van der Waals surface area contributed by atoms with Crippen LogP contribution in [0.1, 0.15) is 13.8 Å². The minimum absolute atomic E-state index is 0.0874. The van der Waals surface area contributed by atoms with Crippen LogP contribution in [0.2, 0.25) is 0 Å². The molecule has 1 aliphatic rings. The van der Waals surface area contributed by atoms with Crippen molar-refractivity contribution in [1.82, 2.24) is 4.31 Å². The third kappa shape index (κ3) is 5.31. The fraction of sp³-hybridized carbons (Fsp3) is 0.400. The Morgan fingerprint density at radius 1 is 0.969 bits per heavy atom. The third-order valence-corrected chi connectivity index (χ3v) is 7.89. The van der Waals surface area contributed by atoms with Crippen molar-refractivity contribution in [2.24, 2.45) is 0 Å². The predicted octanol–water partition coefficient (Wildman–Crippen LogP) is 2.44. The number of rotatable bonds is 9. The number of benzene rings is 2. The van der Waals surface area contributed by atoms with E-state index in [0.717, 1.165) is 22.5 Å². The number of anilines is 1. The number of halogens is 1. The monoisotopic (exact) mass is 488 g/mol. The SMILES string of the molecule is CCOc1ccc(S(=O)(=O)Nc2ccc(F)c(S(=O)(=O)N3CCOCC3)c2)cc1OCC. The summed E-state index contributed by atoms with van der Waals surface area (Å²) >= 11 is 0. The van der Waals surface area contributed by atoms with Gasteiger partial charge in [-0.1, -0.05) is 0 Å². The summed E-state index contributed by atoms with van der Waals surface area (Å²) in [6.45, 7) is 4.80. The molecule has 0 spiro atoms. The first-order valence-electron chi connectivity index (χ1n) is 9.99. The summed E-state index contributed by atoms with van der Waals surface area (Å²) in [6.07, 6.45) is 0. The van der Waals surface area contributed by atoms with Gasteiger partial charge in [-0.3, -0.25) is 4.72 Å². The molecule has 12 heteroatoms. The second-order valence-electron chi connectivity index (χ2n) is 6.74. The Morgan fingerprint density at radius 3 is 2.28 bits per heavy atom. The van der Waals surface area contributed by atoms with E-state index in [4.69, 9.17) is 14.2 Å². The molecule has 3 rings (SSSR count). The van der Waals surface area contributed by atoms with Crippen LogP contribution in [-0.2, 0) is 24.8 Å². The van der Waals surface area contributed by atoms with Crippen LogP contribution >= 0.6 is 0 Å². The van der Waals surface area contributed by atoms with E-state index in [1.54, 1.807) is 13.8 Å². The summed E-state index contributed by atoms with van der Waals surface area (Å²) in [5.41, 5.74) is -0.0925. The quantitative estimate of drug-likeness (QED) is 0.577. The van der Waals surface area contributed by atoms with Gasteiger partial charge in [-0.05, 0) is 44.2 Å². The lowest BCUT2D eigenvalue weighted by molar-refractivity contribution is 0.0729. The van der Waals surface area contributed by atoms with E-state index >= 15 is 0 Å². The van der Waals surface area contributed by atoms with Crippen LogP contribution in [0.5, 0.6) is 11.5 Å². The van der Waals surface area contributed by atoms with E-state index in [1.165, 1.54) is 18.2 Å². The second kappa shape index (κ2) is 10.0. The third-order valence-electron chi connectivity index (χ3n) is 4.60. The molecule has 0 atom stereocenters. The largest absolute Gasteiger partial charge is 0.490 e. The smallest absolute Gasteiger partial charge is 0.262 e. The van der Waals surface area contributed by atoms with E-state index in [9.17, 15) is 21.2 Å². The topological polar surface area (TPSA) is 111 Å². The Bertz CT molecular complexity index is 1160. The average molecular weight is 489 g/mol. The van der Waals surface area contributed by atoms with Crippen LogP contribution in [0, 0.1) is 5.82 Å². The van der Waals surface area contributed by atoms with Gasteiger partial charge in [0.25, 0.3) is 10.0 Å². The van der Waals surface area contributed by atoms with E-state index in [2.05, 4.69) is 4.72 Å². The molecule has 1 fully saturated rings. The summed E-state index contributed by atoms with van der Waals surface area (Å²) in [6, 6.07) is 7.16. The van der Waals surface area contributed by atoms with Gasteiger partial charge in [0.05, 0.1) is 37.0 Å². The summed E-state index contributed by atoms with van der Waals surface area (Å²) in [5, 5.41) is 0. The standard InChI is InChI=1S/C20H25FN2O7S2/c1-3-29-18-8-6-16(14-19(18)30-4-2)31(24,25)22-15-5-7-17(21)20(13-15)32(26,27)23-9-11-28-12-10-23/h5-8,13-14,22H,3-4,9-12H2,1-2H3.